The van der Waals surface area contributed by atoms with Crippen molar-refractivity contribution in [3.8, 4) is 0 Å². The van der Waals surface area contributed by atoms with Gasteiger partial charge in [0.25, 0.3) is 0 Å². The normalized spacial score (nSPS) is 15.4. The highest BCUT2D eigenvalue weighted by atomic mass is 16.5. The van der Waals surface area contributed by atoms with E-state index in [1.807, 2.05) is 36.4 Å². The Morgan fingerprint density at radius 2 is 1.75 bits per heavy atom. The van der Waals surface area contributed by atoms with Crippen molar-refractivity contribution in [3.05, 3.63) is 72.3 Å². The van der Waals surface area contributed by atoms with Crippen LogP contribution in [-0.4, -0.2) is 27.6 Å². The summed E-state index contributed by atoms with van der Waals surface area (Å²) in [5, 5.41) is 31.8. The Hall–Kier alpha value is -3.55. The first-order chi connectivity index (χ1) is 13.6. The number of carbonyl (C=O) groups is 1. The Balaban J connectivity index is 1.66. The number of amides is 1. The predicted molar refractivity (Wildman–Crippen MR) is 109 cm³/mol. The van der Waals surface area contributed by atoms with Crippen molar-refractivity contribution in [2.24, 2.45) is 10.2 Å². The Bertz CT molecular complexity index is 1100. The first-order valence-corrected chi connectivity index (χ1v) is 8.73. The fourth-order valence-electron chi connectivity index (χ4n) is 3.06. The fraction of sp³-hybridized carbons (Fsp3) is 0.0952. The van der Waals surface area contributed by atoms with E-state index < -0.39 is 5.91 Å². The average Bonchev–Trinajstić information content (AvgIpc) is 3.01. The van der Waals surface area contributed by atoms with Gasteiger partial charge in [0.2, 0.25) is 0 Å². The third-order valence-electron chi connectivity index (χ3n) is 4.53. The summed E-state index contributed by atoms with van der Waals surface area (Å²) in [7, 11) is 0. The van der Waals surface area contributed by atoms with Crippen molar-refractivity contribution in [1.29, 1.82) is 0 Å². The van der Waals surface area contributed by atoms with Gasteiger partial charge in [0, 0.05) is 5.39 Å². The van der Waals surface area contributed by atoms with Crippen molar-refractivity contribution in [1.82, 2.24) is 0 Å². The minimum Gasteiger partial charge on any atom is -0.392 e. The van der Waals surface area contributed by atoms with Crippen LogP contribution in [0, 0.1) is 0 Å². The number of hydrogen-bond acceptors (Lipinski definition) is 6. The topological polar surface area (TPSA) is 88.7 Å². The number of carbonyl (C=O) groups excluding carboxylic acids is 1. The standard InChI is InChI=1S/C21H18N4O3/c1-14-20(21(27)24(22-14)17-11-9-15(13-26)10-12-17)23-25(28)19-8-4-6-16-5-2-3-7-18(16)19/h2-12,26,28H,13H2,1H3. The van der Waals surface area contributed by atoms with E-state index >= 15 is 0 Å². The molecule has 0 aliphatic carbocycles. The van der Waals surface area contributed by atoms with Crippen molar-refractivity contribution in [2.75, 3.05) is 10.2 Å². The van der Waals surface area contributed by atoms with E-state index in [1.54, 1.807) is 37.3 Å². The maximum atomic E-state index is 12.8. The van der Waals surface area contributed by atoms with Crippen LogP contribution < -0.4 is 10.2 Å². The number of rotatable bonds is 4. The molecule has 0 aromatic heterocycles. The first kappa shape index (κ1) is 17.8. The second-order valence-corrected chi connectivity index (χ2v) is 6.36. The lowest BCUT2D eigenvalue weighted by molar-refractivity contribution is -0.112. The van der Waals surface area contributed by atoms with Crippen LogP contribution in [0.3, 0.4) is 0 Å². The number of benzene rings is 3. The van der Waals surface area contributed by atoms with Gasteiger partial charge in [0.1, 0.15) is 0 Å². The molecule has 1 aliphatic heterocycles. The van der Waals surface area contributed by atoms with Crippen LogP contribution in [0.5, 0.6) is 0 Å². The summed E-state index contributed by atoms with van der Waals surface area (Å²) in [6, 6.07) is 19.9. The molecule has 28 heavy (non-hydrogen) atoms. The molecule has 0 atom stereocenters. The van der Waals surface area contributed by atoms with Crippen molar-refractivity contribution < 1.29 is 15.1 Å². The predicted octanol–water partition coefficient (Wildman–Crippen LogP) is 3.31. The Morgan fingerprint density at radius 3 is 2.50 bits per heavy atom. The quantitative estimate of drug-likeness (QED) is 0.686. The molecule has 1 aliphatic rings. The molecule has 0 saturated heterocycles. The summed E-state index contributed by atoms with van der Waals surface area (Å²) in [5.74, 6) is -0.437. The van der Waals surface area contributed by atoms with E-state index in [4.69, 9.17) is 5.11 Å². The average molecular weight is 374 g/mol. The van der Waals surface area contributed by atoms with Crippen LogP contribution in [0.2, 0.25) is 0 Å². The second kappa shape index (κ2) is 7.22. The summed E-state index contributed by atoms with van der Waals surface area (Å²) in [6.07, 6.45) is 0. The first-order valence-electron chi connectivity index (χ1n) is 8.73. The van der Waals surface area contributed by atoms with E-state index in [2.05, 4.69) is 10.2 Å². The number of anilines is 2. The number of nitrogens with zero attached hydrogens (tertiary/aromatic N) is 4. The second-order valence-electron chi connectivity index (χ2n) is 6.36. The van der Waals surface area contributed by atoms with E-state index in [-0.39, 0.29) is 12.3 Å². The highest BCUT2D eigenvalue weighted by molar-refractivity contribution is 6.71. The highest BCUT2D eigenvalue weighted by Gasteiger charge is 2.31. The van der Waals surface area contributed by atoms with E-state index in [0.29, 0.717) is 22.3 Å². The molecule has 0 saturated carbocycles. The summed E-state index contributed by atoms with van der Waals surface area (Å²) >= 11 is 0. The molecule has 0 spiro atoms. The Labute approximate surface area is 161 Å². The lowest BCUT2D eigenvalue weighted by atomic mass is 10.1. The molecule has 0 fully saturated rings. The van der Waals surface area contributed by atoms with Crippen LogP contribution >= 0.6 is 0 Å². The van der Waals surface area contributed by atoms with Gasteiger partial charge in [-0.25, -0.2) is 0 Å². The van der Waals surface area contributed by atoms with Gasteiger partial charge in [-0.1, -0.05) is 48.5 Å². The lowest BCUT2D eigenvalue weighted by Gasteiger charge is -2.15. The molecule has 4 rings (SSSR count). The number of aliphatic hydroxyl groups is 1. The van der Waals surface area contributed by atoms with Crippen LogP contribution in [-0.2, 0) is 11.4 Å². The van der Waals surface area contributed by atoms with Crippen molar-refractivity contribution >= 4 is 39.5 Å². The molecule has 0 bridgehead atoms. The summed E-state index contributed by atoms with van der Waals surface area (Å²) in [4.78, 5) is 12.8. The van der Waals surface area contributed by atoms with Gasteiger partial charge in [-0.15, -0.1) is 10.3 Å². The summed E-state index contributed by atoms with van der Waals surface area (Å²) in [5.41, 5.74) is 2.22. The van der Waals surface area contributed by atoms with Gasteiger partial charge in [0.15, 0.2) is 5.71 Å². The minimum atomic E-state index is -0.437. The molecule has 1 amide bonds. The van der Waals surface area contributed by atoms with E-state index in [1.165, 1.54) is 5.01 Å². The number of hydrazone groups is 2. The largest absolute Gasteiger partial charge is 0.392 e. The van der Waals surface area contributed by atoms with Crippen LogP contribution in [0.25, 0.3) is 10.8 Å². The van der Waals surface area contributed by atoms with Gasteiger partial charge in [-0.3, -0.25) is 10.0 Å². The third-order valence-corrected chi connectivity index (χ3v) is 4.53. The van der Waals surface area contributed by atoms with E-state index in [9.17, 15) is 10.0 Å². The van der Waals surface area contributed by atoms with Crippen LogP contribution in [0.1, 0.15) is 12.5 Å². The molecular weight excluding hydrogens is 356 g/mol. The van der Waals surface area contributed by atoms with Gasteiger partial charge < -0.3 is 5.11 Å². The molecule has 0 radical (unpaired) electrons. The maximum Gasteiger partial charge on any atom is 0.301 e. The molecule has 7 heteroatoms. The molecule has 0 unspecified atom stereocenters. The zero-order chi connectivity index (χ0) is 19.7. The monoisotopic (exact) mass is 374 g/mol. The molecule has 3 aromatic rings. The Kier molecular flexibility index (Phi) is 4.60. The van der Waals surface area contributed by atoms with Crippen molar-refractivity contribution in [2.45, 2.75) is 13.5 Å². The van der Waals surface area contributed by atoms with Crippen LogP contribution in [0.15, 0.2) is 76.9 Å². The van der Waals surface area contributed by atoms with Gasteiger partial charge in [-0.2, -0.15) is 10.1 Å². The fourth-order valence-corrected chi connectivity index (χ4v) is 3.06. The van der Waals surface area contributed by atoms with Crippen LogP contribution in [0.4, 0.5) is 11.4 Å². The molecule has 1 heterocycles. The van der Waals surface area contributed by atoms with Gasteiger partial charge >= 0.3 is 5.91 Å². The SMILES string of the molecule is CC1=NN(c2ccc(CO)cc2)C(=O)C1=NN(O)c1cccc2ccccc12. The van der Waals surface area contributed by atoms with E-state index in [0.717, 1.165) is 16.3 Å². The molecule has 3 aromatic carbocycles. The van der Waals surface area contributed by atoms with Gasteiger partial charge in [0.05, 0.1) is 23.7 Å². The summed E-state index contributed by atoms with van der Waals surface area (Å²) in [6.45, 7) is 1.59. The van der Waals surface area contributed by atoms with Crippen molar-refractivity contribution in [3.63, 3.8) is 0 Å². The Morgan fingerprint density at radius 1 is 1.04 bits per heavy atom. The number of fused-ring (bicyclic) bond motifs is 1. The molecule has 140 valence electrons. The highest BCUT2D eigenvalue weighted by Crippen LogP contribution is 2.27. The van der Waals surface area contributed by atoms with Gasteiger partial charge in [-0.05, 0) is 36.1 Å². The third kappa shape index (κ3) is 3.13. The number of aliphatic hydroxyl groups excluding tert-OH is 1. The minimum absolute atomic E-state index is 0.0571. The smallest absolute Gasteiger partial charge is 0.301 e. The molecular formula is C21H18N4O3. The zero-order valence-corrected chi connectivity index (χ0v) is 15.1. The molecule has 2 N–H and O–H groups in total. The molecule has 7 nitrogen and oxygen atoms in total. The zero-order valence-electron chi connectivity index (χ0n) is 15.1. The number of hydrogen-bond donors (Lipinski definition) is 2. The maximum absolute atomic E-state index is 12.8. The summed E-state index contributed by atoms with van der Waals surface area (Å²) < 4.78 is 0. The lowest BCUT2D eigenvalue weighted by Crippen LogP contribution is -2.29.